The van der Waals surface area contributed by atoms with E-state index in [0.29, 0.717) is 51.7 Å². The molecular formula is C31H36ClN7O4. The summed E-state index contributed by atoms with van der Waals surface area (Å²) in [5.41, 5.74) is 2.67. The molecule has 0 spiro atoms. The van der Waals surface area contributed by atoms with Crippen LogP contribution in [0.5, 0.6) is 5.75 Å². The summed E-state index contributed by atoms with van der Waals surface area (Å²) in [6, 6.07) is 4.37. The molecule has 3 fully saturated rings. The summed E-state index contributed by atoms with van der Waals surface area (Å²) < 4.78 is 7.95. The Morgan fingerprint density at radius 2 is 1.81 bits per heavy atom. The van der Waals surface area contributed by atoms with Crippen molar-refractivity contribution in [3.05, 3.63) is 44.8 Å². The average molecular weight is 606 g/mol. The maximum Gasteiger partial charge on any atom is 0.263 e. The first-order chi connectivity index (χ1) is 20.7. The van der Waals surface area contributed by atoms with Gasteiger partial charge >= 0.3 is 0 Å². The summed E-state index contributed by atoms with van der Waals surface area (Å²) in [5.74, 6) is 0.938. The van der Waals surface area contributed by atoms with Crippen molar-refractivity contribution in [2.45, 2.75) is 64.6 Å². The van der Waals surface area contributed by atoms with Gasteiger partial charge in [-0.1, -0.05) is 24.4 Å². The quantitative estimate of drug-likeness (QED) is 0.432. The zero-order valence-corrected chi connectivity index (χ0v) is 25.5. The van der Waals surface area contributed by atoms with Gasteiger partial charge in [-0.15, -0.1) is 0 Å². The minimum atomic E-state index is -0.276. The number of piperazine rings is 1. The first-order valence-electron chi connectivity index (χ1n) is 15.1. The van der Waals surface area contributed by atoms with E-state index < -0.39 is 0 Å². The average Bonchev–Trinajstić information content (AvgIpc) is 3.46. The third-order valence-electron chi connectivity index (χ3n) is 9.59. The van der Waals surface area contributed by atoms with E-state index in [1.54, 1.807) is 24.6 Å². The van der Waals surface area contributed by atoms with Crippen molar-refractivity contribution < 1.29 is 14.3 Å². The number of likely N-dealkylation sites (tertiary alicyclic amines) is 1. The summed E-state index contributed by atoms with van der Waals surface area (Å²) in [6.07, 6.45) is 5.54. The summed E-state index contributed by atoms with van der Waals surface area (Å²) in [6.45, 7) is 9.58. The van der Waals surface area contributed by atoms with Gasteiger partial charge < -0.3 is 19.9 Å². The molecular weight excluding hydrogens is 570 g/mol. The van der Waals surface area contributed by atoms with Gasteiger partial charge in [-0.25, -0.2) is 4.98 Å². The predicted octanol–water partition coefficient (Wildman–Crippen LogP) is 3.93. The highest BCUT2D eigenvalue weighted by molar-refractivity contribution is 6.34. The maximum absolute atomic E-state index is 13.5. The van der Waals surface area contributed by atoms with Gasteiger partial charge in [0.2, 0.25) is 11.9 Å². The van der Waals surface area contributed by atoms with E-state index in [1.807, 2.05) is 17.0 Å². The molecule has 1 saturated carbocycles. The van der Waals surface area contributed by atoms with Crippen LogP contribution in [0, 0.1) is 6.92 Å². The van der Waals surface area contributed by atoms with Crippen LogP contribution in [0.4, 0.5) is 17.3 Å². The monoisotopic (exact) mass is 605 g/mol. The number of Topliss-reactive ketones (excluding diaryl/α,β-unsaturated/α-hetero) is 1. The first-order valence-corrected chi connectivity index (χ1v) is 15.5. The molecule has 3 aromatic rings. The fourth-order valence-electron chi connectivity index (χ4n) is 7.25. The third-order valence-corrected chi connectivity index (χ3v) is 9.88. The molecule has 1 amide bonds. The molecule has 5 heterocycles. The number of anilines is 3. The van der Waals surface area contributed by atoms with Crippen LogP contribution in [0.2, 0.25) is 5.02 Å². The fourth-order valence-corrected chi connectivity index (χ4v) is 7.57. The molecule has 2 saturated heterocycles. The van der Waals surface area contributed by atoms with Crippen LogP contribution in [0.25, 0.3) is 11.0 Å². The lowest BCUT2D eigenvalue weighted by atomic mass is 10.0. The number of benzene rings is 1. The van der Waals surface area contributed by atoms with Gasteiger partial charge in [-0.05, 0) is 38.3 Å². The number of hydrogen-bond donors (Lipinski definition) is 1. The Labute approximate surface area is 254 Å². The highest BCUT2D eigenvalue weighted by Gasteiger charge is 2.40. The third kappa shape index (κ3) is 4.82. The number of ketones is 1. The molecule has 0 radical (unpaired) electrons. The zero-order chi connectivity index (χ0) is 30.0. The number of rotatable bonds is 5. The van der Waals surface area contributed by atoms with E-state index in [-0.39, 0.29) is 34.9 Å². The van der Waals surface area contributed by atoms with Gasteiger partial charge in [0, 0.05) is 75.1 Å². The summed E-state index contributed by atoms with van der Waals surface area (Å²) in [4.78, 5) is 53.6. The number of ether oxygens (including phenoxy) is 1. The number of hydrogen-bond acceptors (Lipinski definition) is 9. The lowest BCUT2D eigenvalue weighted by Crippen LogP contribution is -2.67. The van der Waals surface area contributed by atoms with Gasteiger partial charge in [0.05, 0.1) is 22.3 Å². The normalized spacial score (nSPS) is 20.9. The largest absolute Gasteiger partial charge is 0.489 e. The van der Waals surface area contributed by atoms with Gasteiger partial charge in [0.1, 0.15) is 18.0 Å². The number of pyridine rings is 1. The smallest absolute Gasteiger partial charge is 0.263 e. The topological polar surface area (TPSA) is 113 Å². The molecule has 11 nitrogen and oxygen atoms in total. The number of aromatic nitrogens is 3. The number of nitrogens with zero attached hydrogens (tertiary/aromatic N) is 6. The lowest BCUT2D eigenvalue weighted by molar-refractivity contribution is -0.136. The van der Waals surface area contributed by atoms with Crippen LogP contribution < -0.4 is 20.5 Å². The van der Waals surface area contributed by atoms with E-state index in [0.717, 1.165) is 64.1 Å². The minimum absolute atomic E-state index is 0.00816. The van der Waals surface area contributed by atoms with Crippen LogP contribution in [0.1, 0.15) is 61.5 Å². The van der Waals surface area contributed by atoms with Crippen LogP contribution >= 0.6 is 11.6 Å². The summed E-state index contributed by atoms with van der Waals surface area (Å²) in [7, 11) is 0. The second-order valence-corrected chi connectivity index (χ2v) is 12.7. The number of halogens is 1. The Balaban J connectivity index is 1.15. The Kier molecular flexibility index (Phi) is 7.04. The molecule has 43 heavy (non-hydrogen) atoms. The van der Waals surface area contributed by atoms with E-state index in [2.05, 4.69) is 20.1 Å². The number of aryl methyl sites for hydroxylation is 1. The van der Waals surface area contributed by atoms with E-state index in [9.17, 15) is 14.4 Å². The Hall–Kier alpha value is -3.70. The molecule has 0 bridgehead atoms. The Bertz CT molecular complexity index is 1700. The predicted molar refractivity (Wildman–Crippen MR) is 165 cm³/mol. The van der Waals surface area contributed by atoms with Gasteiger partial charge in [0.25, 0.3) is 5.56 Å². The Morgan fingerprint density at radius 1 is 1.05 bits per heavy atom. The van der Waals surface area contributed by atoms with Crippen LogP contribution in [0.15, 0.2) is 23.1 Å². The van der Waals surface area contributed by atoms with Crippen molar-refractivity contribution in [3.63, 3.8) is 0 Å². The van der Waals surface area contributed by atoms with Crippen molar-refractivity contribution in [1.29, 1.82) is 0 Å². The molecule has 1 N–H and O–H groups in total. The summed E-state index contributed by atoms with van der Waals surface area (Å²) >= 11 is 6.88. The van der Waals surface area contributed by atoms with Crippen molar-refractivity contribution >= 4 is 51.6 Å². The van der Waals surface area contributed by atoms with Gasteiger partial charge in [-0.2, -0.15) is 4.98 Å². The van der Waals surface area contributed by atoms with Gasteiger partial charge in [-0.3, -0.25) is 23.9 Å². The SMILES string of the molecule is CC(=O)c1c(C)c2cnc(Nc3cc(Cl)c4c(c3)OC[C@@H]3CN(C5CN(C(C)=O)C5)CCN43)nc2n(C2CCCC2)c1=O. The number of fused-ring (bicyclic) bond motifs is 4. The maximum atomic E-state index is 13.5. The van der Waals surface area contributed by atoms with Crippen molar-refractivity contribution in [3.8, 4) is 5.75 Å². The zero-order valence-electron chi connectivity index (χ0n) is 24.7. The molecule has 7 rings (SSSR count). The molecule has 1 aliphatic carbocycles. The van der Waals surface area contributed by atoms with Crippen molar-refractivity contribution in [2.24, 2.45) is 0 Å². The first kappa shape index (κ1) is 28.1. The molecule has 0 unspecified atom stereocenters. The lowest BCUT2D eigenvalue weighted by Gasteiger charge is -2.52. The van der Waals surface area contributed by atoms with Crippen molar-refractivity contribution in [1.82, 2.24) is 24.3 Å². The van der Waals surface area contributed by atoms with Crippen LogP contribution in [-0.2, 0) is 4.79 Å². The molecule has 2 aromatic heterocycles. The second kappa shape index (κ2) is 10.8. The fraction of sp³-hybridized carbons (Fsp3) is 0.516. The Morgan fingerprint density at radius 3 is 2.53 bits per heavy atom. The minimum Gasteiger partial charge on any atom is -0.489 e. The molecule has 226 valence electrons. The molecule has 4 aliphatic rings. The molecule has 3 aliphatic heterocycles. The van der Waals surface area contributed by atoms with E-state index >= 15 is 0 Å². The van der Waals surface area contributed by atoms with Crippen molar-refractivity contribution in [2.75, 3.05) is 49.5 Å². The number of carbonyl (C=O) groups is 2. The summed E-state index contributed by atoms with van der Waals surface area (Å²) in [5, 5.41) is 4.56. The highest BCUT2D eigenvalue weighted by atomic mass is 35.5. The van der Waals surface area contributed by atoms with Crippen LogP contribution in [0.3, 0.4) is 0 Å². The molecule has 1 aromatic carbocycles. The second-order valence-electron chi connectivity index (χ2n) is 12.3. The van der Waals surface area contributed by atoms with E-state index in [1.165, 1.54) is 6.92 Å². The molecule has 12 heteroatoms. The number of amides is 1. The standard InChI is InChI=1S/C31H36ClN7O4/c1-17-24-12-33-31(35-29(24)39(21-6-4-5-7-21)30(42)27(17)18(2)40)34-20-10-25(32)28-26(11-20)43-16-23-15-36(8-9-38(23)28)22-13-37(14-22)19(3)41/h10-12,21-23H,4-9,13-16H2,1-3H3,(H,33,34,35)/t23-/m0/s1. The molecule has 1 atom stereocenters. The number of nitrogens with one attached hydrogen (secondary N) is 1. The number of carbonyl (C=O) groups excluding carboxylic acids is 2. The van der Waals surface area contributed by atoms with E-state index in [4.69, 9.17) is 21.3 Å². The van der Waals surface area contributed by atoms with Crippen LogP contribution in [-0.4, -0.2) is 87.4 Å². The highest BCUT2D eigenvalue weighted by Crippen LogP contribution is 2.44. The van der Waals surface area contributed by atoms with Gasteiger partial charge in [0.15, 0.2) is 5.78 Å².